The molecule has 0 amide bonds. The Labute approximate surface area is 142 Å². The molecular weight excluding hydrogens is 417 g/mol. The summed E-state index contributed by atoms with van der Waals surface area (Å²) in [4.78, 5) is 6.43. The molecule has 0 saturated heterocycles. The molecule has 0 heterocycles. The Morgan fingerprint density at radius 3 is 2.53 bits per heavy atom. The molecule has 0 radical (unpaired) electrons. The molecule has 108 valence electrons. The molecule has 19 heavy (non-hydrogen) atoms. The summed E-state index contributed by atoms with van der Waals surface area (Å²) < 4.78 is 1.14. The highest BCUT2D eigenvalue weighted by Crippen LogP contribution is 2.17. The Kier molecular flexibility index (Phi) is 9.43. The van der Waals surface area contributed by atoms with Crippen molar-refractivity contribution in [2.24, 2.45) is 10.9 Å². The van der Waals surface area contributed by atoms with Crippen LogP contribution in [0.3, 0.4) is 0 Å². The van der Waals surface area contributed by atoms with E-state index in [1.165, 1.54) is 5.56 Å². The summed E-state index contributed by atoms with van der Waals surface area (Å²) >= 11 is 3.57. The second-order valence-electron chi connectivity index (χ2n) is 4.77. The molecule has 1 aromatic carbocycles. The van der Waals surface area contributed by atoms with E-state index in [2.05, 4.69) is 70.2 Å². The molecule has 0 saturated carbocycles. The number of benzene rings is 1. The van der Waals surface area contributed by atoms with E-state index in [0.29, 0.717) is 5.92 Å². The van der Waals surface area contributed by atoms with E-state index < -0.39 is 0 Å². The first-order valence-corrected chi connectivity index (χ1v) is 6.99. The Balaban J connectivity index is 0.00000324. The zero-order valence-corrected chi connectivity index (χ0v) is 15.9. The lowest BCUT2D eigenvalue weighted by atomic mass is 10.2. The fraction of sp³-hybridized carbons (Fsp3) is 0.500. The van der Waals surface area contributed by atoms with Crippen LogP contribution >= 0.6 is 39.9 Å². The van der Waals surface area contributed by atoms with Crippen LogP contribution in [0.4, 0.5) is 0 Å². The molecule has 0 bridgehead atoms. The van der Waals surface area contributed by atoms with Gasteiger partial charge in [-0.2, -0.15) is 0 Å². The molecule has 0 aliphatic carbocycles. The molecule has 0 aromatic heterocycles. The number of aliphatic imine (C=N–C) groups is 1. The normalized spacial score (nSPS) is 11.2. The molecule has 0 aliphatic rings. The Hall–Kier alpha value is -0.300. The van der Waals surface area contributed by atoms with Gasteiger partial charge in [0.25, 0.3) is 0 Å². The minimum absolute atomic E-state index is 0. The molecule has 3 nitrogen and oxygen atoms in total. The molecule has 0 aliphatic heterocycles. The number of hydrogen-bond donors (Lipinski definition) is 1. The van der Waals surface area contributed by atoms with Crippen molar-refractivity contribution in [2.45, 2.75) is 20.4 Å². The van der Waals surface area contributed by atoms with Crippen LogP contribution in [0.2, 0.25) is 0 Å². The number of halogens is 2. The monoisotopic (exact) mass is 439 g/mol. The smallest absolute Gasteiger partial charge is 0.193 e. The van der Waals surface area contributed by atoms with Gasteiger partial charge >= 0.3 is 0 Å². The zero-order valence-electron chi connectivity index (χ0n) is 12.0. The average Bonchev–Trinajstić information content (AvgIpc) is 2.32. The Morgan fingerprint density at radius 1 is 1.37 bits per heavy atom. The fourth-order valence-electron chi connectivity index (χ4n) is 1.64. The molecular formula is C14H23BrIN3. The lowest BCUT2D eigenvalue weighted by Gasteiger charge is -2.23. The first-order chi connectivity index (χ1) is 8.54. The summed E-state index contributed by atoms with van der Waals surface area (Å²) in [6.07, 6.45) is 0. The Morgan fingerprint density at radius 2 is 2.00 bits per heavy atom. The van der Waals surface area contributed by atoms with Crippen LogP contribution in [0.5, 0.6) is 0 Å². The van der Waals surface area contributed by atoms with E-state index in [4.69, 9.17) is 0 Å². The predicted molar refractivity (Wildman–Crippen MR) is 97.2 cm³/mol. The molecule has 5 heteroatoms. The van der Waals surface area contributed by atoms with E-state index in [-0.39, 0.29) is 24.0 Å². The second kappa shape index (κ2) is 9.58. The maximum Gasteiger partial charge on any atom is 0.193 e. The summed E-state index contributed by atoms with van der Waals surface area (Å²) in [6.45, 7) is 6.15. The van der Waals surface area contributed by atoms with Crippen molar-refractivity contribution < 1.29 is 0 Å². The second-order valence-corrected chi connectivity index (χ2v) is 5.62. The lowest BCUT2D eigenvalue weighted by molar-refractivity contribution is 0.467. The van der Waals surface area contributed by atoms with Gasteiger partial charge in [0, 0.05) is 31.7 Å². The first kappa shape index (κ1) is 18.7. The van der Waals surface area contributed by atoms with Gasteiger partial charge in [-0.15, -0.1) is 24.0 Å². The van der Waals surface area contributed by atoms with Crippen LogP contribution in [0.15, 0.2) is 33.7 Å². The summed E-state index contributed by atoms with van der Waals surface area (Å²) in [5.74, 6) is 1.54. The highest BCUT2D eigenvalue weighted by molar-refractivity contribution is 14.0. The lowest BCUT2D eigenvalue weighted by Crippen LogP contribution is -2.40. The van der Waals surface area contributed by atoms with Crippen LogP contribution < -0.4 is 5.32 Å². The van der Waals surface area contributed by atoms with Crippen LogP contribution in [0.1, 0.15) is 19.4 Å². The third-order valence-corrected chi connectivity index (χ3v) is 3.38. The van der Waals surface area contributed by atoms with Crippen LogP contribution in [-0.2, 0) is 6.54 Å². The van der Waals surface area contributed by atoms with E-state index in [0.717, 1.165) is 23.5 Å². The number of nitrogens with zero attached hydrogens (tertiary/aromatic N) is 2. The highest BCUT2D eigenvalue weighted by Gasteiger charge is 2.08. The van der Waals surface area contributed by atoms with Crippen molar-refractivity contribution >= 4 is 45.9 Å². The van der Waals surface area contributed by atoms with Gasteiger partial charge in [-0.05, 0) is 17.5 Å². The third-order valence-electron chi connectivity index (χ3n) is 2.61. The minimum atomic E-state index is 0. The third kappa shape index (κ3) is 6.61. The largest absolute Gasteiger partial charge is 0.356 e. The number of guanidine groups is 1. The van der Waals surface area contributed by atoms with Gasteiger partial charge in [0.2, 0.25) is 0 Å². The summed E-state index contributed by atoms with van der Waals surface area (Å²) in [5.41, 5.74) is 1.26. The number of rotatable bonds is 4. The van der Waals surface area contributed by atoms with E-state index in [9.17, 15) is 0 Å². The van der Waals surface area contributed by atoms with Crippen molar-refractivity contribution in [1.82, 2.24) is 10.2 Å². The molecule has 0 atom stereocenters. The van der Waals surface area contributed by atoms with Gasteiger partial charge in [-0.1, -0.05) is 48.0 Å². The molecule has 1 N–H and O–H groups in total. The van der Waals surface area contributed by atoms with Crippen LogP contribution in [0.25, 0.3) is 0 Å². The first-order valence-electron chi connectivity index (χ1n) is 6.19. The average molecular weight is 440 g/mol. The van der Waals surface area contributed by atoms with Gasteiger partial charge in [0.15, 0.2) is 5.96 Å². The molecule has 1 rings (SSSR count). The summed E-state index contributed by atoms with van der Waals surface area (Å²) in [6, 6.07) is 8.27. The predicted octanol–water partition coefficient (Wildman–Crippen LogP) is 3.73. The maximum atomic E-state index is 4.30. The standard InChI is InChI=1S/C14H22BrN3.HI/c1-11(2)9-17-14(16-3)18(4)10-12-7-5-6-8-13(12)15;/h5-8,11H,9-10H2,1-4H3,(H,16,17);1H. The number of hydrogen-bond acceptors (Lipinski definition) is 1. The molecule has 1 aromatic rings. The van der Waals surface area contributed by atoms with E-state index in [1.54, 1.807) is 0 Å². The van der Waals surface area contributed by atoms with Crippen molar-refractivity contribution in [2.75, 3.05) is 20.6 Å². The molecule has 0 spiro atoms. The highest BCUT2D eigenvalue weighted by atomic mass is 127. The molecule has 0 unspecified atom stereocenters. The Bertz CT molecular complexity index is 407. The number of nitrogens with one attached hydrogen (secondary N) is 1. The van der Waals surface area contributed by atoms with Crippen LogP contribution in [0, 0.1) is 5.92 Å². The topological polar surface area (TPSA) is 27.6 Å². The van der Waals surface area contributed by atoms with Crippen molar-refractivity contribution in [3.63, 3.8) is 0 Å². The van der Waals surface area contributed by atoms with Crippen molar-refractivity contribution in [3.05, 3.63) is 34.3 Å². The van der Waals surface area contributed by atoms with Crippen molar-refractivity contribution in [3.8, 4) is 0 Å². The zero-order chi connectivity index (χ0) is 13.5. The van der Waals surface area contributed by atoms with Gasteiger partial charge in [0.1, 0.15) is 0 Å². The fourth-order valence-corrected chi connectivity index (χ4v) is 2.05. The van der Waals surface area contributed by atoms with E-state index >= 15 is 0 Å². The van der Waals surface area contributed by atoms with Crippen LogP contribution in [-0.4, -0.2) is 31.5 Å². The van der Waals surface area contributed by atoms with Gasteiger partial charge < -0.3 is 10.2 Å². The van der Waals surface area contributed by atoms with Gasteiger partial charge in [-0.25, -0.2) is 0 Å². The summed E-state index contributed by atoms with van der Waals surface area (Å²) in [7, 11) is 3.87. The van der Waals surface area contributed by atoms with Gasteiger partial charge in [-0.3, -0.25) is 4.99 Å². The van der Waals surface area contributed by atoms with E-state index in [1.807, 2.05) is 13.1 Å². The van der Waals surface area contributed by atoms with Gasteiger partial charge in [0.05, 0.1) is 0 Å². The maximum absolute atomic E-state index is 4.30. The minimum Gasteiger partial charge on any atom is -0.356 e. The van der Waals surface area contributed by atoms with Crippen molar-refractivity contribution in [1.29, 1.82) is 0 Å². The SMILES string of the molecule is CN=C(NCC(C)C)N(C)Cc1ccccc1Br.I. The summed E-state index contributed by atoms with van der Waals surface area (Å²) in [5, 5.41) is 3.37. The quantitative estimate of drug-likeness (QED) is 0.439. The molecule has 0 fully saturated rings.